The van der Waals surface area contributed by atoms with Crippen LogP contribution in [-0.4, -0.2) is 5.91 Å². The van der Waals surface area contributed by atoms with Crippen LogP contribution in [0.1, 0.15) is 12.5 Å². The van der Waals surface area contributed by atoms with Crippen LogP contribution in [0.5, 0.6) is 0 Å². The summed E-state index contributed by atoms with van der Waals surface area (Å²) in [7, 11) is 0. The van der Waals surface area contributed by atoms with Crippen LogP contribution in [0.4, 0.5) is 17.1 Å². The summed E-state index contributed by atoms with van der Waals surface area (Å²) in [6.07, 6.45) is 0. The molecule has 0 aliphatic heterocycles. The Bertz CT molecular complexity index is 692. The van der Waals surface area contributed by atoms with E-state index in [0.29, 0.717) is 22.0 Å². The maximum atomic E-state index is 11.0. The van der Waals surface area contributed by atoms with Crippen LogP contribution in [0.15, 0.2) is 42.5 Å². The first-order valence-corrected chi connectivity index (χ1v) is 6.31. The number of nitrogens with zero attached hydrogens (tertiary/aromatic N) is 1. The average molecular weight is 286 g/mol. The molecule has 0 aliphatic carbocycles. The summed E-state index contributed by atoms with van der Waals surface area (Å²) in [5.41, 5.74) is 2.46. The molecule has 0 atom stereocenters. The molecule has 1 amide bonds. The van der Waals surface area contributed by atoms with Gasteiger partial charge in [-0.2, -0.15) is 5.26 Å². The molecule has 4 nitrogen and oxygen atoms in total. The Labute approximate surface area is 122 Å². The van der Waals surface area contributed by atoms with Crippen molar-refractivity contribution in [1.82, 2.24) is 0 Å². The van der Waals surface area contributed by atoms with Gasteiger partial charge in [0, 0.05) is 18.3 Å². The predicted molar refractivity (Wildman–Crippen MR) is 80.2 cm³/mol. The molecular formula is C15H12ClN3O. The fourth-order valence-electron chi connectivity index (χ4n) is 1.78. The molecule has 20 heavy (non-hydrogen) atoms. The van der Waals surface area contributed by atoms with Gasteiger partial charge in [-0.25, -0.2) is 0 Å². The Morgan fingerprint density at radius 2 is 1.90 bits per heavy atom. The molecule has 2 rings (SSSR count). The number of hydrogen-bond acceptors (Lipinski definition) is 3. The lowest BCUT2D eigenvalue weighted by Crippen LogP contribution is -2.05. The SMILES string of the molecule is CC(=O)Nc1cccc(Nc2cccc(Cl)c2C#N)c1. The number of nitriles is 1. The highest BCUT2D eigenvalue weighted by Crippen LogP contribution is 2.27. The molecule has 2 N–H and O–H groups in total. The Hall–Kier alpha value is -2.51. The van der Waals surface area contributed by atoms with Crippen LogP contribution in [-0.2, 0) is 4.79 Å². The van der Waals surface area contributed by atoms with E-state index in [-0.39, 0.29) is 5.91 Å². The van der Waals surface area contributed by atoms with E-state index in [2.05, 4.69) is 16.7 Å². The van der Waals surface area contributed by atoms with E-state index in [9.17, 15) is 4.79 Å². The monoisotopic (exact) mass is 285 g/mol. The van der Waals surface area contributed by atoms with E-state index < -0.39 is 0 Å². The zero-order valence-corrected chi connectivity index (χ0v) is 11.5. The van der Waals surface area contributed by atoms with Crippen molar-refractivity contribution < 1.29 is 4.79 Å². The number of halogens is 1. The molecule has 0 aliphatic rings. The molecule has 5 heteroatoms. The second-order valence-electron chi connectivity index (χ2n) is 4.16. The van der Waals surface area contributed by atoms with Crippen LogP contribution >= 0.6 is 11.6 Å². The predicted octanol–water partition coefficient (Wildman–Crippen LogP) is 3.91. The van der Waals surface area contributed by atoms with Gasteiger partial charge in [0.2, 0.25) is 5.91 Å². The number of amides is 1. The molecule has 0 unspecified atom stereocenters. The maximum absolute atomic E-state index is 11.0. The van der Waals surface area contributed by atoms with Gasteiger partial charge in [0.05, 0.1) is 16.3 Å². The number of benzene rings is 2. The molecule has 0 radical (unpaired) electrons. The number of anilines is 3. The van der Waals surface area contributed by atoms with Gasteiger partial charge in [-0.05, 0) is 30.3 Å². The Morgan fingerprint density at radius 3 is 2.60 bits per heavy atom. The molecule has 0 aromatic heterocycles. The molecule has 0 fully saturated rings. The Balaban J connectivity index is 2.29. The normalized spacial score (nSPS) is 9.65. The first-order chi connectivity index (χ1) is 9.60. The van der Waals surface area contributed by atoms with E-state index in [0.717, 1.165) is 5.69 Å². The summed E-state index contributed by atoms with van der Waals surface area (Å²) in [6, 6.07) is 14.5. The average Bonchev–Trinajstić information content (AvgIpc) is 2.38. The standard InChI is InChI=1S/C15H12ClN3O/c1-10(20)18-11-4-2-5-12(8-11)19-15-7-3-6-14(16)13(15)9-17/h2-8,19H,1H3,(H,18,20). The Morgan fingerprint density at radius 1 is 1.20 bits per heavy atom. The second kappa shape index (κ2) is 6.09. The summed E-state index contributed by atoms with van der Waals surface area (Å²) < 4.78 is 0. The number of carbonyl (C=O) groups excluding carboxylic acids is 1. The Kier molecular flexibility index (Phi) is 4.24. The van der Waals surface area contributed by atoms with Gasteiger partial charge in [-0.3, -0.25) is 4.79 Å². The summed E-state index contributed by atoms with van der Waals surface area (Å²) in [5.74, 6) is -0.136. The van der Waals surface area contributed by atoms with Crippen molar-refractivity contribution in [1.29, 1.82) is 5.26 Å². The smallest absolute Gasteiger partial charge is 0.221 e. The van der Waals surface area contributed by atoms with Crippen molar-refractivity contribution in [2.24, 2.45) is 0 Å². The minimum atomic E-state index is -0.136. The van der Waals surface area contributed by atoms with Gasteiger partial charge < -0.3 is 10.6 Å². The largest absolute Gasteiger partial charge is 0.354 e. The second-order valence-corrected chi connectivity index (χ2v) is 4.57. The van der Waals surface area contributed by atoms with Gasteiger partial charge in [-0.1, -0.05) is 23.7 Å². The number of nitrogens with one attached hydrogen (secondary N) is 2. The van der Waals surface area contributed by atoms with Gasteiger partial charge in [0.15, 0.2) is 0 Å². The molecule has 0 bridgehead atoms. The molecule has 0 spiro atoms. The number of carbonyl (C=O) groups is 1. The van der Waals surface area contributed by atoms with Crippen molar-refractivity contribution in [3.05, 3.63) is 53.1 Å². The third-order valence-electron chi connectivity index (χ3n) is 2.59. The highest BCUT2D eigenvalue weighted by atomic mass is 35.5. The van der Waals surface area contributed by atoms with Crippen molar-refractivity contribution in [2.45, 2.75) is 6.92 Å². The third kappa shape index (κ3) is 3.28. The highest BCUT2D eigenvalue weighted by molar-refractivity contribution is 6.32. The molecule has 100 valence electrons. The van der Waals surface area contributed by atoms with Crippen LogP contribution in [0.3, 0.4) is 0 Å². The molecule has 0 saturated heterocycles. The maximum Gasteiger partial charge on any atom is 0.221 e. The van der Waals surface area contributed by atoms with Crippen molar-refractivity contribution in [2.75, 3.05) is 10.6 Å². The molecule has 0 saturated carbocycles. The molecule has 2 aromatic rings. The fourth-order valence-corrected chi connectivity index (χ4v) is 1.99. The first kappa shape index (κ1) is 13.9. The lowest BCUT2D eigenvalue weighted by Gasteiger charge is -2.10. The molecule has 0 heterocycles. The van der Waals surface area contributed by atoms with Crippen LogP contribution in [0.2, 0.25) is 5.02 Å². The number of rotatable bonds is 3. The highest BCUT2D eigenvalue weighted by Gasteiger charge is 2.06. The van der Waals surface area contributed by atoms with Gasteiger partial charge >= 0.3 is 0 Å². The van der Waals surface area contributed by atoms with Gasteiger partial charge in [0.25, 0.3) is 0 Å². The summed E-state index contributed by atoms with van der Waals surface area (Å²) in [6.45, 7) is 1.45. The fraction of sp³-hybridized carbons (Fsp3) is 0.0667. The minimum absolute atomic E-state index is 0.136. The summed E-state index contributed by atoms with van der Waals surface area (Å²) in [4.78, 5) is 11.0. The first-order valence-electron chi connectivity index (χ1n) is 5.93. The van der Waals surface area contributed by atoms with E-state index in [1.54, 1.807) is 30.3 Å². The zero-order chi connectivity index (χ0) is 14.5. The van der Waals surface area contributed by atoms with Gasteiger partial charge in [-0.15, -0.1) is 0 Å². The molecular weight excluding hydrogens is 274 g/mol. The molecule has 2 aromatic carbocycles. The lowest BCUT2D eigenvalue weighted by atomic mass is 10.2. The van der Waals surface area contributed by atoms with Crippen molar-refractivity contribution >= 4 is 34.6 Å². The third-order valence-corrected chi connectivity index (χ3v) is 2.90. The van der Waals surface area contributed by atoms with Crippen LogP contribution in [0, 0.1) is 11.3 Å². The van der Waals surface area contributed by atoms with Crippen molar-refractivity contribution in [3.63, 3.8) is 0 Å². The summed E-state index contributed by atoms with van der Waals surface area (Å²) in [5, 5.41) is 15.3. The van der Waals surface area contributed by atoms with Crippen molar-refractivity contribution in [3.8, 4) is 6.07 Å². The summed E-state index contributed by atoms with van der Waals surface area (Å²) >= 11 is 5.98. The van der Waals surface area contributed by atoms with Crippen LogP contribution in [0.25, 0.3) is 0 Å². The number of hydrogen-bond donors (Lipinski definition) is 2. The van der Waals surface area contributed by atoms with E-state index >= 15 is 0 Å². The lowest BCUT2D eigenvalue weighted by molar-refractivity contribution is -0.114. The zero-order valence-electron chi connectivity index (χ0n) is 10.8. The van der Waals surface area contributed by atoms with Crippen LogP contribution < -0.4 is 10.6 Å². The van der Waals surface area contributed by atoms with E-state index in [1.165, 1.54) is 6.92 Å². The topological polar surface area (TPSA) is 64.9 Å². The van der Waals surface area contributed by atoms with E-state index in [1.807, 2.05) is 12.1 Å². The van der Waals surface area contributed by atoms with E-state index in [4.69, 9.17) is 16.9 Å². The minimum Gasteiger partial charge on any atom is -0.354 e. The quantitative estimate of drug-likeness (QED) is 0.898. The van der Waals surface area contributed by atoms with Gasteiger partial charge in [0.1, 0.15) is 6.07 Å².